The van der Waals surface area contributed by atoms with Gasteiger partial charge in [0, 0.05) is 21.5 Å². The van der Waals surface area contributed by atoms with Gasteiger partial charge in [-0.25, -0.2) is 9.97 Å². The van der Waals surface area contributed by atoms with Crippen LogP contribution >= 0.6 is 27.3 Å². The van der Waals surface area contributed by atoms with Crippen LogP contribution in [0, 0.1) is 0 Å². The van der Waals surface area contributed by atoms with Crippen molar-refractivity contribution in [1.82, 2.24) is 9.97 Å². The summed E-state index contributed by atoms with van der Waals surface area (Å²) < 4.78 is 1.14. The molecule has 0 aliphatic carbocycles. The molecule has 2 aromatic heterocycles. The Kier molecular flexibility index (Phi) is 5.37. The van der Waals surface area contributed by atoms with Gasteiger partial charge in [0.2, 0.25) is 0 Å². The van der Waals surface area contributed by atoms with Crippen molar-refractivity contribution in [3.05, 3.63) is 32.7 Å². The van der Waals surface area contributed by atoms with Crippen molar-refractivity contribution < 1.29 is 0 Å². The summed E-state index contributed by atoms with van der Waals surface area (Å²) in [6.07, 6.45) is 1.61. The molecule has 108 valence electrons. The zero-order valence-electron chi connectivity index (χ0n) is 11.9. The maximum atomic E-state index is 4.40. The van der Waals surface area contributed by atoms with Crippen LogP contribution in [0.15, 0.2) is 22.2 Å². The number of nitrogens with one attached hydrogen (secondary N) is 2. The molecule has 0 bridgehead atoms. The number of anilines is 2. The number of halogens is 1. The minimum absolute atomic E-state index is 0.361. The predicted molar refractivity (Wildman–Crippen MR) is 89.6 cm³/mol. The van der Waals surface area contributed by atoms with E-state index in [0.717, 1.165) is 34.8 Å². The Balaban J connectivity index is 2.22. The number of nitrogens with zero attached hydrogens (tertiary/aromatic N) is 2. The third-order valence-electron chi connectivity index (χ3n) is 2.91. The van der Waals surface area contributed by atoms with Crippen LogP contribution in [0.1, 0.15) is 37.1 Å². The van der Waals surface area contributed by atoms with Crippen molar-refractivity contribution in [1.29, 1.82) is 0 Å². The molecule has 0 saturated carbocycles. The Morgan fingerprint density at radius 2 is 1.95 bits per heavy atom. The van der Waals surface area contributed by atoms with E-state index in [0.29, 0.717) is 5.92 Å². The molecule has 0 unspecified atom stereocenters. The van der Waals surface area contributed by atoms with Gasteiger partial charge in [0.15, 0.2) is 0 Å². The molecule has 0 saturated heterocycles. The summed E-state index contributed by atoms with van der Waals surface area (Å²) in [7, 11) is 0. The molecular weight excluding hydrogens is 336 g/mol. The monoisotopic (exact) mass is 354 g/mol. The quantitative estimate of drug-likeness (QED) is 0.803. The van der Waals surface area contributed by atoms with E-state index in [4.69, 9.17) is 0 Å². The molecule has 0 fully saturated rings. The topological polar surface area (TPSA) is 49.8 Å². The molecule has 20 heavy (non-hydrogen) atoms. The van der Waals surface area contributed by atoms with E-state index in [2.05, 4.69) is 68.7 Å². The highest BCUT2D eigenvalue weighted by Crippen LogP contribution is 2.29. The Hall–Kier alpha value is -1.14. The average Bonchev–Trinajstić information content (AvgIpc) is 2.82. The maximum absolute atomic E-state index is 4.40. The lowest BCUT2D eigenvalue weighted by Crippen LogP contribution is -2.11. The third-order valence-corrected chi connectivity index (χ3v) is 4.84. The van der Waals surface area contributed by atoms with Gasteiger partial charge in [-0.15, -0.1) is 11.3 Å². The Morgan fingerprint density at radius 3 is 2.50 bits per heavy atom. The Bertz CT molecular complexity index is 568. The first-order valence-electron chi connectivity index (χ1n) is 6.68. The molecule has 0 atom stereocenters. The molecular formula is C14H19BrN4S. The fourth-order valence-corrected chi connectivity index (χ4v) is 3.44. The summed E-state index contributed by atoms with van der Waals surface area (Å²) in [5.41, 5.74) is 1.14. The highest BCUT2D eigenvalue weighted by atomic mass is 79.9. The number of hydrogen-bond donors (Lipinski definition) is 2. The number of thiophene rings is 1. The summed E-state index contributed by atoms with van der Waals surface area (Å²) in [5, 5.41) is 8.81. The van der Waals surface area contributed by atoms with E-state index in [-0.39, 0.29) is 0 Å². The highest BCUT2D eigenvalue weighted by Gasteiger charge is 2.14. The van der Waals surface area contributed by atoms with Gasteiger partial charge in [0.25, 0.3) is 0 Å². The minimum Gasteiger partial charge on any atom is -0.370 e. The lowest BCUT2D eigenvalue weighted by Gasteiger charge is -2.17. The van der Waals surface area contributed by atoms with Crippen molar-refractivity contribution in [2.45, 2.75) is 33.2 Å². The third kappa shape index (κ3) is 3.49. The lowest BCUT2D eigenvalue weighted by atomic mass is 10.0. The molecule has 2 N–H and O–H groups in total. The predicted octanol–water partition coefficient (Wildman–Crippen LogP) is 4.47. The number of rotatable bonds is 6. The van der Waals surface area contributed by atoms with Crippen LogP contribution in [-0.2, 0) is 6.54 Å². The van der Waals surface area contributed by atoms with Crippen molar-refractivity contribution in [2.24, 2.45) is 0 Å². The summed E-state index contributed by atoms with van der Waals surface area (Å²) in [6.45, 7) is 8.01. The Labute approximate surface area is 132 Å². The van der Waals surface area contributed by atoms with Crippen LogP contribution in [0.5, 0.6) is 0 Å². The van der Waals surface area contributed by atoms with E-state index >= 15 is 0 Å². The van der Waals surface area contributed by atoms with E-state index in [1.54, 1.807) is 17.7 Å². The van der Waals surface area contributed by atoms with Crippen LogP contribution in [-0.4, -0.2) is 16.5 Å². The van der Waals surface area contributed by atoms with Gasteiger partial charge in [0.1, 0.15) is 18.0 Å². The van der Waals surface area contributed by atoms with Crippen molar-refractivity contribution in [3.63, 3.8) is 0 Å². The summed E-state index contributed by atoms with van der Waals surface area (Å²) in [6, 6.07) is 2.06. The Morgan fingerprint density at radius 1 is 1.25 bits per heavy atom. The van der Waals surface area contributed by atoms with Gasteiger partial charge >= 0.3 is 0 Å². The smallest absolute Gasteiger partial charge is 0.135 e. The van der Waals surface area contributed by atoms with Crippen molar-refractivity contribution in [3.8, 4) is 0 Å². The second-order valence-electron chi connectivity index (χ2n) is 4.71. The molecule has 0 spiro atoms. The summed E-state index contributed by atoms with van der Waals surface area (Å²) in [4.78, 5) is 10.0. The van der Waals surface area contributed by atoms with Gasteiger partial charge in [-0.05, 0) is 40.2 Å². The molecule has 4 nitrogen and oxygen atoms in total. The van der Waals surface area contributed by atoms with Crippen LogP contribution in [0.25, 0.3) is 0 Å². The minimum atomic E-state index is 0.361. The number of aromatic nitrogens is 2. The zero-order valence-corrected chi connectivity index (χ0v) is 14.3. The largest absolute Gasteiger partial charge is 0.370 e. The average molecular weight is 355 g/mol. The standard InChI is InChI=1S/C14H19BrN4S/c1-4-16-13-12(9(2)3)14(19-8-18-13)17-7-11-10(15)5-6-20-11/h5-6,8-9H,4,7H2,1-3H3,(H2,16,17,18,19). The van der Waals surface area contributed by atoms with Gasteiger partial charge in [-0.3, -0.25) is 0 Å². The van der Waals surface area contributed by atoms with E-state index in [1.165, 1.54) is 4.88 Å². The first-order chi connectivity index (χ1) is 9.63. The van der Waals surface area contributed by atoms with E-state index < -0.39 is 0 Å². The van der Waals surface area contributed by atoms with Crippen LogP contribution in [0.2, 0.25) is 0 Å². The lowest BCUT2D eigenvalue weighted by molar-refractivity contribution is 0.844. The molecule has 6 heteroatoms. The van der Waals surface area contributed by atoms with E-state index in [1.807, 2.05) is 0 Å². The fourth-order valence-electron chi connectivity index (χ4n) is 2.01. The first kappa shape index (κ1) is 15.3. The van der Waals surface area contributed by atoms with E-state index in [9.17, 15) is 0 Å². The molecule has 2 rings (SSSR count). The molecule has 0 amide bonds. The van der Waals surface area contributed by atoms with Gasteiger partial charge in [-0.1, -0.05) is 13.8 Å². The number of hydrogen-bond acceptors (Lipinski definition) is 5. The van der Waals surface area contributed by atoms with Gasteiger partial charge in [0.05, 0.1) is 6.54 Å². The summed E-state index contributed by atoms with van der Waals surface area (Å²) >= 11 is 5.28. The van der Waals surface area contributed by atoms with Gasteiger partial charge < -0.3 is 10.6 Å². The van der Waals surface area contributed by atoms with Crippen LogP contribution in [0.3, 0.4) is 0 Å². The molecule has 2 aromatic rings. The maximum Gasteiger partial charge on any atom is 0.135 e. The molecule has 2 heterocycles. The molecule has 0 aliphatic rings. The second-order valence-corrected chi connectivity index (χ2v) is 6.57. The zero-order chi connectivity index (χ0) is 14.5. The van der Waals surface area contributed by atoms with Crippen LogP contribution in [0.4, 0.5) is 11.6 Å². The highest BCUT2D eigenvalue weighted by molar-refractivity contribution is 9.10. The SMILES string of the molecule is CCNc1ncnc(NCc2sccc2Br)c1C(C)C. The molecule has 0 radical (unpaired) electrons. The van der Waals surface area contributed by atoms with Crippen molar-refractivity contribution >= 4 is 38.9 Å². The molecule has 0 aliphatic heterocycles. The summed E-state index contributed by atoms with van der Waals surface area (Å²) in [5.74, 6) is 2.19. The van der Waals surface area contributed by atoms with Crippen LogP contribution < -0.4 is 10.6 Å². The normalized spacial score (nSPS) is 10.8. The van der Waals surface area contributed by atoms with Gasteiger partial charge in [-0.2, -0.15) is 0 Å². The fraction of sp³-hybridized carbons (Fsp3) is 0.429. The second kappa shape index (κ2) is 7.04. The first-order valence-corrected chi connectivity index (χ1v) is 8.35. The van der Waals surface area contributed by atoms with Crippen molar-refractivity contribution in [2.75, 3.05) is 17.2 Å². The molecule has 0 aromatic carbocycles.